The Morgan fingerprint density at radius 1 is 1.14 bits per heavy atom. The molecule has 1 aliphatic rings. The third-order valence-electron chi connectivity index (χ3n) is 6.37. The van der Waals surface area contributed by atoms with Crippen molar-refractivity contribution in [3.8, 4) is 17.3 Å². The van der Waals surface area contributed by atoms with Crippen LogP contribution in [0.15, 0.2) is 42.6 Å². The number of hydrogen-bond donors (Lipinski definition) is 1. The van der Waals surface area contributed by atoms with Crippen LogP contribution in [0, 0.1) is 5.82 Å². The summed E-state index contributed by atoms with van der Waals surface area (Å²) in [5, 5.41) is 8.81. The van der Waals surface area contributed by atoms with E-state index in [1.54, 1.807) is 19.2 Å². The number of pyridine rings is 2. The largest absolute Gasteiger partial charge is 0.491 e. The number of nitrogens with two attached hydrogens (primary N) is 1. The summed E-state index contributed by atoms with van der Waals surface area (Å²) in [6.45, 7) is 1.21. The van der Waals surface area contributed by atoms with Crippen LogP contribution in [0.2, 0.25) is 0 Å². The zero-order chi connectivity index (χ0) is 26.2. The molecule has 1 fully saturated rings. The lowest BCUT2D eigenvalue weighted by Gasteiger charge is -2.30. The molecule has 0 spiro atoms. The molecule has 1 aliphatic heterocycles. The van der Waals surface area contributed by atoms with Gasteiger partial charge in [0.05, 0.1) is 6.61 Å². The van der Waals surface area contributed by atoms with Gasteiger partial charge in [-0.1, -0.05) is 12.1 Å². The van der Waals surface area contributed by atoms with E-state index in [0.717, 1.165) is 0 Å². The van der Waals surface area contributed by atoms with Gasteiger partial charge in [-0.3, -0.25) is 9.30 Å². The van der Waals surface area contributed by atoms with Crippen molar-refractivity contribution in [3.63, 3.8) is 0 Å². The first-order valence-corrected chi connectivity index (χ1v) is 11.9. The number of methoxy groups -OCH3 is 1. The lowest BCUT2D eigenvalue weighted by Crippen LogP contribution is -2.38. The highest BCUT2D eigenvalue weighted by atomic mass is 19.4. The van der Waals surface area contributed by atoms with Gasteiger partial charge in [-0.25, -0.2) is 9.37 Å². The molecule has 2 N–H and O–H groups in total. The second kappa shape index (κ2) is 10.2. The summed E-state index contributed by atoms with van der Waals surface area (Å²) < 4.78 is 68.9. The molecule has 37 heavy (non-hydrogen) atoms. The van der Waals surface area contributed by atoms with E-state index >= 15 is 0 Å². The van der Waals surface area contributed by atoms with Crippen LogP contribution < -0.4 is 10.5 Å². The molecule has 5 rings (SSSR count). The van der Waals surface area contributed by atoms with Gasteiger partial charge < -0.3 is 15.2 Å². The molecule has 12 heteroatoms. The number of ether oxygens (including phenoxy) is 2. The number of nitrogens with zero attached hydrogens (tertiary/aromatic N) is 5. The quantitative estimate of drug-likeness (QED) is 0.277. The van der Waals surface area contributed by atoms with Crippen molar-refractivity contribution in [2.24, 2.45) is 5.73 Å². The van der Waals surface area contributed by atoms with E-state index in [1.165, 1.54) is 39.8 Å². The van der Waals surface area contributed by atoms with Crippen molar-refractivity contribution in [3.05, 3.63) is 54.0 Å². The molecule has 2 unspecified atom stereocenters. The number of alkyl halides is 3. The fourth-order valence-corrected chi connectivity index (χ4v) is 4.69. The van der Waals surface area contributed by atoms with Gasteiger partial charge in [-0.15, -0.1) is 10.2 Å². The van der Waals surface area contributed by atoms with Crippen molar-refractivity contribution in [1.29, 1.82) is 0 Å². The molecule has 4 aromatic rings. The van der Waals surface area contributed by atoms with E-state index in [9.17, 15) is 17.6 Å². The Morgan fingerprint density at radius 2 is 1.97 bits per heavy atom. The van der Waals surface area contributed by atoms with E-state index in [0.29, 0.717) is 48.3 Å². The van der Waals surface area contributed by atoms with Gasteiger partial charge in [-0.2, -0.15) is 13.2 Å². The standard InChI is InChI=1S/C25H26F4N6O2/c1-36-9-2-10-37-20-12-17(26)11-15-3-5-19(31-22(15)20)24-33-32-21-6-4-16(13-35(21)24)23(25(27,28)29)34-8-7-18(30)14-34/h3-6,11-13,18,23H,2,7-10,14,30H2,1H3. The molecular weight excluding hydrogens is 492 g/mol. The Labute approximate surface area is 210 Å². The minimum Gasteiger partial charge on any atom is -0.491 e. The highest BCUT2D eigenvalue weighted by molar-refractivity contribution is 5.86. The summed E-state index contributed by atoms with van der Waals surface area (Å²) >= 11 is 0. The second-order valence-electron chi connectivity index (χ2n) is 9.07. The number of hydrogen-bond acceptors (Lipinski definition) is 7. The minimum absolute atomic E-state index is 0.0557. The van der Waals surface area contributed by atoms with E-state index in [2.05, 4.69) is 15.2 Å². The first-order valence-electron chi connectivity index (χ1n) is 11.9. The van der Waals surface area contributed by atoms with Crippen molar-refractivity contribution in [2.75, 3.05) is 33.4 Å². The fraction of sp³-hybridized carbons (Fsp3) is 0.400. The van der Waals surface area contributed by atoms with E-state index < -0.39 is 18.0 Å². The maximum absolute atomic E-state index is 14.2. The van der Waals surface area contributed by atoms with Gasteiger partial charge in [-0.05, 0) is 30.2 Å². The number of halogens is 4. The normalized spacial score (nSPS) is 17.6. The monoisotopic (exact) mass is 518 g/mol. The Kier molecular flexibility index (Phi) is 6.97. The van der Waals surface area contributed by atoms with E-state index in [4.69, 9.17) is 15.2 Å². The lowest BCUT2D eigenvalue weighted by atomic mass is 10.1. The van der Waals surface area contributed by atoms with Crippen molar-refractivity contribution in [1.82, 2.24) is 24.5 Å². The van der Waals surface area contributed by atoms with Crippen molar-refractivity contribution >= 4 is 16.6 Å². The summed E-state index contributed by atoms with van der Waals surface area (Å²) in [5.74, 6) is 0.0404. The van der Waals surface area contributed by atoms with Crippen LogP contribution in [0.25, 0.3) is 28.1 Å². The smallest absolute Gasteiger partial charge is 0.408 e. The SMILES string of the molecule is COCCCOc1cc(F)cc2ccc(-c3nnc4ccc(C(N5CCC(N)C5)C(F)(F)F)cn34)nc12. The molecule has 4 heterocycles. The van der Waals surface area contributed by atoms with Crippen LogP contribution >= 0.6 is 0 Å². The van der Waals surface area contributed by atoms with Crippen LogP contribution in [0.5, 0.6) is 5.75 Å². The van der Waals surface area contributed by atoms with Gasteiger partial charge in [0, 0.05) is 56.9 Å². The average Bonchev–Trinajstić information content (AvgIpc) is 3.46. The average molecular weight is 519 g/mol. The molecule has 0 aliphatic carbocycles. The maximum Gasteiger partial charge on any atom is 0.408 e. The van der Waals surface area contributed by atoms with Crippen LogP contribution in [-0.2, 0) is 4.74 Å². The van der Waals surface area contributed by atoms with Gasteiger partial charge >= 0.3 is 6.18 Å². The van der Waals surface area contributed by atoms with Gasteiger partial charge in [0.2, 0.25) is 0 Å². The second-order valence-corrected chi connectivity index (χ2v) is 9.07. The Hall–Kier alpha value is -3.35. The topological polar surface area (TPSA) is 90.8 Å². The van der Waals surface area contributed by atoms with Crippen LogP contribution in [0.1, 0.15) is 24.4 Å². The minimum atomic E-state index is -4.49. The summed E-state index contributed by atoms with van der Waals surface area (Å²) in [6.07, 6.45) is -1.99. The van der Waals surface area contributed by atoms with Crippen LogP contribution in [-0.4, -0.2) is 70.1 Å². The first-order chi connectivity index (χ1) is 17.7. The Morgan fingerprint density at radius 3 is 2.70 bits per heavy atom. The lowest BCUT2D eigenvalue weighted by molar-refractivity contribution is -0.183. The summed E-state index contributed by atoms with van der Waals surface area (Å²) in [6, 6.07) is 6.69. The number of likely N-dealkylation sites (tertiary alicyclic amines) is 1. The Balaban J connectivity index is 1.55. The number of aromatic nitrogens is 4. The molecule has 1 aromatic carbocycles. The van der Waals surface area contributed by atoms with Crippen molar-refractivity contribution < 1.29 is 27.0 Å². The third kappa shape index (κ3) is 5.22. The first kappa shape index (κ1) is 25.3. The zero-order valence-corrected chi connectivity index (χ0v) is 20.1. The molecule has 3 aromatic heterocycles. The highest BCUT2D eigenvalue weighted by Crippen LogP contribution is 2.39. The summed E-state index contributed by atoms with van der Waals surface area (Å²) in [5.41, 5.74) is 7.08. The Bertz CT molecular complexity index is 1410. The number of fused-ring (bicyclic) bond motifs is 2. The number of benzene rings is 1. The molecule has 0 radical (unpaired) electrons. The van der Waals surface area contributed by atoms with Crippen molar-refractivity contribution in [2.45, 2.75) is 31.1 Å². The molecule has 0 amide bonds. The van der Waals surface area contributed by atoms with Gasteiger partial charge in [0.1, 0.15) is 28.8 Å². The zero-order valence-electron chi connectivity index (χ0n) is 20.1. The van der Waals surface area contributed by atoms with Gasteiger partial charge in [0.15, 0.2) is 11.5 Å². The van der Waals surface area contributed by atoms with E-state index in [1.807, 2.05) is 0 Å². The molecule has 1 saturated heterocycles. The summed E-state index contributed by atoms with van der Waals surface area (Å²) in [7, 11) is 1.58. The molecule has 2 atom stereocenters. The summed E-state index contributed by atoms with van der Waals surface area (Å²) in [4.78, 5) is 5.98. The van der Waals surface area contributed by atoms with Gasteiger partial charge in [0.25, 0.3) is 0 Å². The molecule has 0 bridgehead atoms. The molecule has 196 valence electrons. The number of rotatable bonds is 8. The maximum atomic E-state index is 14.2. The highest BCUT2D eigenvalue weighted by Gasteiger charge is 2.46. The van der Waals surface area contributed by atoms with E-state index in [-0.39, 0.29) is 36.3 Å². The fourth-order valence-electron chi connectivity index (χ4n) is 4.69. The van der Waals surface area contributed by atoms with Crippen LogP contribution in [0.4, 0.5) is 17.6 Å². The molecule has 8 nitrogen and oxygen atoms in total. The predicted octanol–water partition coefficient (Wildman–Crippen LogP) is 4.14. The third-order valence-corrected chi connectivity index (χ3v) is 6.37. The molecule has 0 saturated carbocycles. The predicted molar refractivity (Wildman–Crippen MR) is 129 cm³/mol. The molecular formula is C25H26F4N6O2. The van der Waals surface area contributed by atoms with Crippen LogP contribution in [0.3, 0.4) is 0 Å².